The highest BCUT2D eigenvalue weighted by Gasteiger charge is 2.18. The van der Waals surface area contributed by atoms with Gasteiger partial charge >= 0.3 is 0 Å². The van der Waals surface area contributed by atoms with E-state index < -0.39 is 5.82 Å². The number of carbonyl (C=O) groups excluding carboxylic acids is 1. The highest BCUT2D eigenvalue weighted by atomic mass is 32.1. The van der Waals surface area contributed by atoms with Gasteiger partial charge in [0.25, 0.3) is 5.91 Å². The number of nitrogens with zero attached hydrogens (tertiary/aromatic N) is 4. The van der Waals surface area contributed by atoms with Crippen molar-refractivity contribution >= 4 is 22.4 Å². The number of halogens is 1. The van der Waals surface area contributed by atoms with E-state index in [2.05, 4.69) is 34.5 Å². The van der Waals surface area contributed by atoms with Crippen molar-refractivity contribution in [1.29, 1.82) is 0 Å². The lowest BCUT2D eigenvalue weighted by Crippen LogP contribution is -2.13. The van der Waals surface area contributed by atoms with Gasteiger partial charge in [-0.1, -0.05) is 37.3 Å². The van der Waals surface area contributed by atoms with Crippen LogP contribution in [0, 0.1) is 18.7 Å². The molecule has 3 aromatic rings. The monoisotopic (exact) mass is 359 g/mol. The molecule has 0 aliphatic heterocycles. The van der Waals surface area contributed by atoms with Crippen LogP contribution in [0.4, 0.5) is 9.52 Å². The summed E-state index contributed by atoms with van der Waals surface area (Å²) in [6, 6.07) is 6.29. The molecule has 3 rings (SSSR count). The Morgan fingerprint density at radius 3 is 2.80 bits per heavy atom. The molecule has 0 aliphatic rings. The van der Waals surface area contributed by atoms with Gasteiger partial charge in [-0.3, -0.25) is 10.1 Å². The summed E-state index contributed by atoms with van der Waals surface area (Å²) >= 11 is 1.35. The fourth-order valence-electron chi connectivity index (χ4n) is 2.40. The zero-order chi connectivity index (χ0) is 18.0. The molecule has 25 heavy (non-hydrogen) atoms. The van der Waals surface area contributed by atoms with Crippen LogP contribution in [0.5, 0.6) is 0 Å². The predicted molar refractivity (Wildman–Crippen MR) is 94.7 cm³/mol. The maximum absolute atomic E-state index is 13.9. The van der Waals surface area contributed by atoms with E-state index in [4.69, 9.17) is 0 Å². The van der Waals surface area contributed by atoms with Gasteiger partial charge in [0.1, 0.15) is 16.5 Å². The maximum Gasteiger partial charge on any atom is 0.260 e. The minimum absolute atomic E-state index is 0.300. The number of hydrogen-bond donors (Lipinski definition) is 1. The van der Waals surface area contributed by atoms with Crippen molar-refractivity contribution in [1.82, 2.24) is 20.0 Å². The van der Waals surface area contributed by atoms with Gasteiger partial charge in [-0.15, -0.1) is 10.2 Å². The molecule has 6 nitrogen and oxygen atoms in total. The summed E-state index contributed by atoms with van der Waals surface area (Å²) in [6.45, 7) is 5.92. The van der Waals surface area contributed by atoms with E-state index in [1.807, 2.05) is 0 Å². The Kier molecular flexibility index (Phi) is 4.89. The number of nitrogens with one attached hydrogen (secondary N) is 1. The summed E-state index contributed by atoms with van der Waals surface area (Å²) in [6.07, 6.45) is 2.24. The SMILES string of the molecule is Cc1c(C(=O)Nc2nnc(CC(C)C)s2)cnn1-c1ccccc1F. The van der Waals surface area contributed by atoms with Crippen LogP contribution in [-0.4, -0.2) is 25.9 Å². The zero-order valence-electron chi connectivity index (χ0n) is 14.2. The molecule has 0 bridgehead atoms. The fraction of sp³-hybridized carbons (Fsp3) is 0.294. The second kappa shape index (κ2) is 7.10. The van der Waals surface area contributed by atoms with Gasteiger partial charge in [-0.05, 0) is 25.0 Å². The molecule has 0 saturated carbocycles. The van der Waals surface area contributed by atoms with Crippen molar-refractivity contribution in [2.24, 2.45) is 5.92 Å². The first-order valence-corrected chi connectivity index (χ1v) is 8.70. The minimum atomic E-state index is -0.400. The first-order valence-electron chi connectivity index (χ1n) is 7.89. The van der Waals surface area contributed by atoms with E-state index in [9.17, 15) is 9.18 Å². The highest BCUT2D eigenvalue weighted by molar-refractivity contribution is 7.15. The van der Waals surface area contributed by atoms with Crippen molar-refractivity contribution in [2.45, 2.75) is 27.2 Å². The lowest BCUT2D eigenvalue weighted by Gasteiger charge is -2.06. The number of rotatable bonds is 5. The van der Waals surface area contributed by atoms with E-state index in [0.717, 1.165) is 11.4 Å². The highest BCUT2D eigenvalue weighted by Crippen LogP contribution is 2.21. The molecule has 1 aromatic carbocycles. The number of amides is 1. The Hall–Kier alpha value is -2.61. The summed E-state index contributed by atoms with van der Waals surface area (Å²) in [5.41, 5.74) is 1.22. The van der Waals surface area contributed by atoms with Crippen molar-refractivity contribution < 1.29 is 9.18 Å². The van der Waals surface area contributed by atoms with E-state index in [1.54, 1.807) is 25.1 Å². The molecular formula is C17H18FN5OS. The average Bonchev–Trinajstić information content (AvgIpc) is 3.14. The van der Waals surface area contributed by atoms with Crippen LogP contribution in [0.2, 0.25) is 0 Å². The second-order valence-electron chi connectivity index (χ2n) is 6.06. The van der Waals surface area contributed by atoms with Crippen LogP contribution in [0.1, 0.15) is 34.9 Å². The topological polar surface area (TPSA) is 72.7 Å². The molecule has 8 heteroatoms. The zero-order valence-corrected chi connectivity index (χ0v) is 15.0. The van der Waals surface area contributed by atoms with Crippen molar-refractivity contribution in [3.8, 4) is 5.69 Å². The maximum atomic E-state index is 13.9. The normalized spacial score (nSPS) is 11.1. The molecule has 0 saturated heterocycles. The van der Waals surface area contributed by atoms with Gasteiger partial charge in [-0.25, -0.2) is 9.07 Å². The summed E-state index contributed by atoms with van der Waals surface area (Å²) in [4.78, 5) is 12.5. The fourth-order valence-corrected chi connectivity index (χ4v) is 3.35. The molecule has 2 aromatic heterocycles. The number of carbonyl (C=O) groups is 1. The lowest BCUT2D eigenvalue weighted by molar-refractivity contribution is 0.102. The number of anilines is 1. The first kappa shape index (κ1) is 17.2. The molecule has 0 fully saturated rings. The van der Waals surface area contributed by atoms with Crippen LogP contribution in [0.15, 0.2) is 30.5 Å². The van der Waals surface area contributed by atoms with E-state index >= 15 is 0 Å². The summed E-state index contributed by atoms with van der Waals surface area (Å²) in [7, 11) is 0. The Labute approximate surface area is 148 Å². The Morgan fingerprint density at radius 2 is 2.08 bits per heavy atom. The van der Waals surface area contributed by atoms with Crippen molar-refractivity contribution in [3.63, 3.8) is 0 Å². The molecule has 0 radical (unpaired) electrons. The Bertz CT molecular complexity index is 902. The molecule has 0 atom stereocenters. The number of aromatic nitrogens is 4. The van der Waals surface area contributed by atoms with E-state index in [0.29, 0.717) is 28.0 Å². The first-order chi connectivity index (χ1) is 12.0. The molecule has 130 valence electrons. The predicted octanol–water partition coefficient (Wildman–Crippen LogP) is 3.62. The smallest absolute Gasteiger partial charge is 0.260 e. The van der Waals surface area contributed by atoms with Crippen LogP contribution >= 0.6 is 11.3 Å². The third kappa shape index (κ3) is 3.74. The molecule has 2 heterocycles. The lowest BCUT2D eigenvalue weighted by atomic mass is 10.1. The summed E-state index contributed by atoms with van der Waals surface area (Å²) in [5.74, 6) is -0.270. The second-order valence-corrected chi connectivity index (χ2v) is 7.12. The van der Waals surface area contributed by atoms with Crippen molar-refractivity contribution in [2.75, 3.05) is 5.32 Å². The van der Waals surface area contributed by atoms with Gasteiger partial charge in [0, 0.05) is 6.42 Å². The summed E-state index contributed by atoms with van der Waals surface area (Å²) < 4.78 is 15.4. The van der Waals surface area contributed by atoms with Gasteiger partial charge in [-0.2, -0.15) is 5.10 Å². The minimum Gasteiger partial charge on any atom is -0.296 e. The van der Waals surface area contributed by atoms with E-state index in [-0.39, 0.29) is 5.91 Å². The molecule has 0 unspecified atom stereocenters. The third-order valence-electron chi connectivity index (χ3n) is 3.61. The van der Waals surface area contributed by atoms with Gasteiger partial charge in [0.15, 0.2) is 0 Å². The average molecular weight is 359 g/mol. The number of benzene rings is 1. The Balaban J connectivity index is 1.80. The van der Waals surface area contributed by atoms with Gasteiger partial charge < -0.3 is 0 Å². The van der Waals surface area contributed by atoms with Crippen LogP contribution in [0.3, 0.4) is 0 Å². The molecule has 1 N–H and O–H groups in total. The number of hydrogen-bond acceptors (Lipinski definition) is 5. The largest absolute Gasteiger partial charge is 0.296 e. The van der Waals surface area contributed by atoms with Crippen molar-refractivity contribution in [3.05, 3.63) is 52.5 Å². The summed E-state index contributed by atoms with van der Waals surface area (Å²) in [5, 5.41) is 16.3. The molecule has 0 spiro atoms. The Morgan fingerprint density at radius 1 is 1.32 bits per heavy atom. The van der Waals surface area contributed by atoms with Crippen LogP contribution in [0.25, 0.3) is 5.69 Å². The third-order valence-corrected chi connectivity index (χ3v) is 4.47. The standard InChI is InChI=1S/C17H18FN5OS/c1-10(2)8-15-21-22-17(25-15)20-16(24)12-9-19-23(11(12)3)14-7-5-4-6-13(14)18/h4-7,9-10H,8H2,1-3H3,(H,20,22,24). The molecule has 0 aliphatic carbocycles. The van der Waals surface area contributed by atoms with E-state index in [1.165, 1.54) is 28.3 Å². The van der Waals surface area contributed by atoms with Crippen LogP contribution in [-0.2, 0) is 6.42 Å². The van der Waals surface area contributed by atoms with Gasteiger partial charge in [0.05, 0.1) is 17.5 Å². The molecule has 1 amide bonds. The van der Waals surface area contributed by atoms with Gasteiger partial charge in [0.2, 0.25) is 5.13 Å². The molecular weight excluding hydrogens is 341 g/mol. The quantitative estimate of drug-likeness (QED) is 0.755. The van der Waals surface area contributed by atoms with Crippen LogP contribution < -0.4 is 5.32 Å². The number of para-hydroxylation sites is 1.